The van der Waals surface area contributed by atoms with E-state index in [4.69, 9.17) is 0 Å². The van der Waals surface area contributed by atoms with Gasteiger partial charge in [-0.1, -0.05) is 6.58 Å². The Morgan fingerprint density at radius 3 is 2.51 bits per heavy atom. The number of aromatic nitrogens is 4. The lowest BCUT2D eigenvalue weighted by Gasteiger charge is -2.43. The molecule has 0 bridgehead atoms. The Morgan fingerprint density at radius 1 is 1.02 bits per heavy atom. The SMILES string of the molecule is C=CC(=O)Nc1cc(Nc2cc(-n3c(CCCO)nnc3-c3ccc(F)cc3)ccn2)ccc1N1CCC(N2CCN(C)CC2)CC1. The Bertz CT molecular complexity index is 1680. The molecule has 11 nitrogen and oxygen atoms in total. The van der Waals surface area contributed by atoms with Crippen molar-refractivity contribution in [3.8, 4) is 17.1 Å². The highest BCUT2D eigenvalue weighted by Gasteiger charge is 2.28. The Hall–Kier alpha value is -4.65. The van der Waals surface area contributed by atoms with Gasteiger partial charge in [-0.2, -0.15) is 0 Å². The third-order valence-electron chi connectivity index (χ3n) is 8.96. The monoisotopic (exact) mass is 639 g/mol. The highest BCUT2D eigenvalue weighted by Crippen LogP contribution is 2.34. The normalized spacial score (nSPS) is 16.3. The number of nitrogens with one attached hydrogen (secondary N) is 2. The summed E-state index contributed by atoms with van der Waals surface area (Å²) in [5, 5.41) is 24.7. The summed E-state index contributed by atoms with van der Waals surface area (Å²) in [6, 6.07) is 16.4. The third kappa shape index (κ3) is 7.67. The molecule has 2 aliphatic rings. The summed E-state index contributed by atoms with van der Waals surface area (Å²) in [7, 11) is 2.18. The van der Waals surface area contributed by atoms with Crippen molar-refractivity contribution in [3.63, 3.8) is 0 Å². The fourth-order valence-corrected chi connectivity index (χ4v) is 6.38. The summed E-state index contributed by atoms with van der Waals surface area (Å²) in [5.74, 6) is 1.21. The van der Waals surface area contributed by atoms with E-state index in [9.17, 15) is 14.3 Å². The van der Waals surface area contributed by atoms with Gasteiger partial charge < -0.3 is 25.5 Å². The molecule has 6 rings (SSSR count). The molecule has 246 valence electrons. The lowest BCUT2D eigenvalue weighted by atomic mass is 10.0. The Labute approximate surface area is 274 Å². The molecule has 0 atom stereocenters. The molecule has 47 heavy (non-hydrogen) atoms. The first-order valence-corrected chi connectivity index (χ1v) is 16.2. The van der Waals surface area contributed by atoms with E-state index >= 15 is 0 Å². The number of piperidine rings is 1. The average molecular weight is 640 g/mol. The van der Waals surface area contributed by atoms with E-state index in [0.29, 0.717) is 47.6 Å². The van der Waals surface area contributed by atoms with Crippen LogP contribution in [0.1, 0.15) is 25.1 Å². The lowest BCUT2D eigenvalue weighted by molar-refractivity contribution is -0.111. The smallest absolute Gasteiger partial charge is 0.247 e. The van der Waals surface area contributed by atoms with Crippen LogP contribution in [0.4, 0.5) is 27.3 Å². The van der Waals surface area contributed by atoms with Crippen LogP contribution in [0.5, 0.6) is 0 Å². The molecule has 3 N–H and O–H groups in total. The second kappa shape index (κ2) is 14.8. The van der Waals surface area contributed by atoms with E-state index in [0.717, 1.165) is 69.2 Å². The molecule has 0 saturated carbocycles. The molecule has 2 saturated heterocycles. The van der Waals surface area contributed by atoms with E-state index in [2.05, 4.69) is 54.1 Å². The second-order valence-electron chi connectivity index (χ2n) is 12.1. The minimum atomic E-state index is -0.333. The lowest BCUT2D eigenvalue weighted by Crippen LogP contribution is -2.52. The van der Waals surface area contributed by atoms with Gasteiger partial charge in [0.25, 0.3) is 0 Å². The van der Waals surface area contributed by atoms with Crippen molar-refractivity contribution in [2.24, 2.45) is 0 Å². The van der Waals surface area contributed by atoms with Gasteiger partial charge in [-0.3, -0.25) is 14.3 Å². The van der Waals surface area contributed by atoms with Crippen LogP contribution >= 0.6 is 0 Å². The van der Waals surface area contributed by atoms with E-state index in [1.54, 1.807) is 18.3 Å². The maximum Gasteiger partial charge on any atom is 0.247 e. The summed E-state index contributed by atoms with van der Waals surface area (Å²) in [6.07, 6.45) is 6.17. The zero-order valence-corrected chi connectivity index (χ0v) is 26.8. The van der Waals surface area contributed by atoms with Gasteiger partial charge >= 0.3 is 0 Å². The van der Waals surface area contributed by atoms with Crippen LogP contribution in [0.2, 0.25) is 0 Å². The Balaban J connectivity index is 1.23. The van der Waals surface area contributed by atoms with E-state index < -0.39 is 0 Å². The van der Waals surface area contributed by atoms with E-state index in [1.807, 2.05) is 34.9 Å². The summed E-state index contributed by atoms with van der Waals surface area (Å²) in [6.45, 7) is 9.96. The number of hydrogen-bond acceptors (Lipinski definition) is 9. The molecule has 2 aromatic carbocycles. The number of aliphatic hydroxyl groups is 1. The first-order chi connectivity index (χ1) is 22.9. The molecule has 12 heteroatoms. The molecule has 2 fully saturated rings. The molecular formula is C35H42FN9O2. The number of anilines is 4. The zero-order valence-electron chi connectivity index (χ0n) is 26.8. The highest BCUT2D eigenvalue weighted by molar-refractivity contribution is 6.01. The number of aryl methyl sites for hydroxylation is 1. The van der Waals surface area contributed by atoms with Gasteiger partial charge in [0.2, 0.25) is 5.91 Å². The molecule has 4 aromatic rings. The van der Waals surface area contributed by atoms with Gasteiger partial charge in [0.05, 0.1) is 17.1 Å². The number of halogens is 1. The average Bonchev–Trinajstić information content (AvgIpc) is 3.52. The van der Waals surface area contributed by atoms with Gasteiger partial charge in [0, 0.05) is 81.9 Å². The molecule has 2 aromatic heterocycles. The summed E-state index contributed by atoms with van der Waals surface area (Å²) in [5.41, 5.74) is 3.92. The van der Waals surface area contributed by atoms with Gasteiger partial charge in [-0.05, 0) is 80.9 Å². The number of rotatable bonds is 11. The minimum absolute atomic E-state index is 0.0247. The maximum atomic E-state index is 13.7. The van der Waals surface area contributed by atoms with Gasteiger partial charge in [-0.15, -0.1) is 10.2 Å². The first kappa shape index (κ1) is 32.3. The van der Waals surface area contributed by atoms with Crippen LogP contribution in [0.3, 0.4) is 0 Å². The van der Waals surface area contributed by atoms with Gasteiger partial charge in [0.15, 0.2) is 5.82 Å². The van der Waals surface area contributed by atoms with Crippen molar-refractivity contribution < 1.29 is 14.3 Å². The summed E-state index contributed by atoms with van der Waals surface area (Å²) in [4.78, 5) is 24.4. The number of hydrogen-bond donors (Lipinski definition) is 3. The zero-order chi connectivity index (χ0) is 32.8. The predicted octanol–water partition coefficient (Wildman–Crippen LogP) is 4.48. The largest absolute Gasteiger partial charge is 0.396 e. The number of nitrogens with zero attached hydrogens (tertiary/aromatic N) is 7. The van der Waals surface area contributed by atoms with Gasteiger partial charge in [0.1, 0.15) is 17.5 Å². The number of carbonyl (C=O) groups is 1. The van der Waals surface area contributed by atoms with E-state index in [1.165, 1.54) is 18.2 Å². The van der Waals surface area contributed by atoms with Crippen molar-refractivity contribution in [2.75, 3.05) is 68.5 Å². The summed E-state index contributed by atoms with van der Waals surface area (Å²) < 4.78 is 15.6. The molecule has 0 spiro atoms. The molecule has 0 radical (unpaired) electrons. The molecule has 0 aliphatic carbocycles. The highest BCUT2D eigenvalue weighted by atomic mass is 19.1. The van der Waals surface area contributed by atoms with Crippen LogP contribution in [0, 0.1) is 5.82 Å². The molecular weight excluding hydrogens is 597 g/mol. The maximum absolute atomic E-state index is 13.7. The van der Waals surface area contributed by atoms with Crippen LogP contribution in [0.25, 0.3) is 17.1 Å². The van der Waals surface area contributed by atoms with Crippen molar-refractivity contribution in [3.05, 3.63) is 85.1 Å². The van der Waals surface area contributed by atoms with Crippen molar-refractivity contribution in [1.82, 2.24) is 29.5 Å². The standard InChI is InChI=1S/C35H42FN9O2/c1-3-34(47)39-30-23-27(10-11-31(30)44-16-13-28(14-17-44)43-20-18-42(2)19-21-43)38-32-24-29(12-15-37-32)45-33(5-4-22-46)40-41-35(45)25-6-8-26(36)9-7-25/h3,6-12,15,23-24,28,46H,1,4-5,13-14,16-22H2,2H3,(H,37,38)(H,39,47). The Morgan fingerprint density at radius 2 is 1.79 bits per heavy atom. The quantitative estimate of drug-likeness (QED) is 0.205. The fourth-order valence-electron chi connectivity index (χ4n) is 6.38. The van der Waals surface area contributed by atoms with Crippen molar-refractivity contribution >= 4 is 28.8 Å². The van der Waals surface area contributed by atoms with Crippen LogP contribution in [-0.4, -0.2) is 99.5 Å². The Kier molecular flexibility index (Phi) is 10.2. The van der Waals surface area contributed by atoms with Crippen molar-refractivity contribution in [1.29, 1.82) is 0 Å². The summed E-state index contributed by atoms with van der Waals surface area (Å²) >= 11 is 0. The van der Waals surface area contributed by atoms with Crippen LogP contribution < -0.4 is 15.5 Å². The van der Waals surface area contributed by atoms with Crippen molar-refractivity contribution in [2.45, 2.75) is 31.7 Å². The fraction of sp³-hybridized carbons (Fsp3) is 0.371. The molecule has 4 heterocycles. The number of benzene rings is 2. The molecule has 0 unspecified atom stereocenters. The predicted molar refractivity (Wildman–Crippen MR) is 183 cm³/mol. The number of aliphatic hydroxyl groups excluding tert-OH is 1. The van der Waals surface area contributed by atoms with Gasteiger partial charge in [-0.25, -0.2) is 9.37 Å². The minimum Gasteiger partial charge on any atom is -0.396 e. The number of piperazine rings is 1. The number of likely N-dealkylation sites (N-methyl/N-ethyl adjacent to an activating group) is 1. The first-order valence-electron chi connectivity index (χ1n) is 16.2. The third-order valence-corrected chi connectivity index (χ3v) is 8.96. The number of amides is 1. The molecule has 1 amide bonds. The van der Waals surface area contributed by atoms with Crippen LogP contribution in [0.15, 0.2) is 73.4 Å². The topological polar surface area (TPSA) is 115 Å². The number of carbonyl (C=O) groups excluding carboxylic acids is 1. The van der Waals surface area contributed by atoms with Crippen LogP contribution in [-0.2, 0) is 11.2 Å². The van der Waals surface area contributed by atoms with E-state index in [-0.39, 0.29) is 18.3 Å². The molecule has 2 aliphatic heterocycles. The second-order valence-corrected chi connectivity index (χ2v) is 12.1. The number of pyridine rings is 1.